The summed E-state index contributed by atoms with van der Waals surface area (Å²) in [6.07, 6.45) is 0.973. The van der Waals surface area contributed by atoms with Crippen LogP contribution in [0.25, 0.3) is 0 Å². The van der Waals surface area contributed by atoms with E-state index in [-0.39, 0.29) is 24.2 Å². The van der Waals surface area contributed by atoms with E-state index in [9.17, 15) is 9.90 Å². The van der Waals surface area contributed by atoms with E-state index in [2.05, 4.69) is 5.10 Å². The third-order valence-corrected chi connectivity index (χ3v) is 3.54. The van der Waals surface area contributed by atoms with Crippen molar-refractivity contribution in [2.45, 2.75) is 32.5 Å². The van der Waals surface area contributed by atoms with Crippen molar-refractivity contribution in [2.75, 3.05) is 19.8 Å². The number of carbonyl (C=O) groups excluding carboxylic acids is 1. The summed E-state index contributed by atoms with van der Waals surface area (Å²) in [6, 6.07) is -0.333. The van der Waals surface area contributed by atoms with Crippen molar-refractivity contribution in [2.24, 2.45) is 0 Å². The molecule has 0 saturated carbocycles. The predicted molar refractivity (Wildman–Crippen MR) is 70.2 cm³/mol. The largest absolute Gasteiger partial charge is 0.388 e. The van der Waals surface area contributed by atoms with Gasteiger partial charge >= 0.3 is 0 Å². The van der Waals surface area contributed by atoms with Crippen molar-refractivity contribution >= 4 is 17.5 Å². The monoisotopic (exact) mass is 287 g/mol. The normalized spacial score (nSPS) is 22.7. The van der Waals surface area contributed by atoms with E-state index in [1.54, 1.807) is 15.8 Å². The van der Waals surface area contributed by atoms with E-state index in [1.165, 1.54) is 0 Å². The quantitative estimate of drug-likeness (QED) is 0.888. The van der Waals surface area contributed by atoms with Crippen LogP contribution in [0.4, 0.5) is 0 Å². The van der Waals surface area contributed by atoms with Gasteiger partial charge in [0.2, 0.25) is 0 Å². The van der Waals surface area contributed by atoms with E-state index < -0.39 is 6.10 Å². The highest BCUT2D eigenvalue weighted by Crippen LogP contribution is 2.20. The van der Waals surface area contributed by atoms with Gasteiger partial charge in [-0.2, -0.15) is 5.10 Å². The van der Waals surface area contributed by atoms with Gasteiger partial charge in [0.1, 0.15) is 0 Å². The molecule has 106 valence electrons. The van der Waals surface area contributed by atoms with Crippen molar-refractivity contribution in [3.8, 4) is 0 Å². The number of likely N-dealkylation sites (N-methyl/N-ethyl adjacent to an activating group) is 1. The van der Waals surface area contributed by atoms with E-state index in [1.807, 2.05) is 13.8 Å². The molecule has 2 rings (SSSR count). The number of hydrogen-bond donors (Lipinski definition) is 1. The molecule has 0 bridgehead atoms. The van der Waals surface area contributed by atoms with E-state index in [0.717, 1.165) is 0 Å². The second-order valence-corrected chi connectivity index (χ2v) is 4.85. The minimum Gasteiger partial charge on any atom is -0.388 e. The fourth-order valence-electron chi connectivity index (χ4n) is 2.20. The van der Waals surface area contributed by atoms with Gasteiger partial charge in [-0.1, -0.05) is 11.6 Å². The summed E-state index contributed by atoms with van der Waals surface area (Å²) in [5.41, 5.74) is 0.226. The lowest BCUT2D eigenvalue weighted by molar-refractivity contribution is 0.0514. The molecule has 0 aliphatic carbocycles. The van der Waals surface area contributed by atoms with Crippen LogP contribution in [0.2, 0.25) is 5.02 Å². The Bertz CT molecular complexity index is 463. The molecule has 0 spiro atoms. The van der Waals surface area contributed by atoms with Crippen LogP contribution in [-0.2, 0) is 11.3 Å². The molecular weight excluding hydrogens is 270 g/mol. The van der Waals surface area contributed by atoms with Crippen molar-refractivity contribution in [1.29, 1.82) is 0 Å². The Hall–Kier alpha value is -1.11. The van der Waals surface area contributed by atoms with Crippen LogP contribution in [-0.4, -0.2) is 57.6 Å². The molecule has 2 heterocycles. The number of carbonyl (C=O) groups is 1. The average molecular weight is 288 g/mol. The van der Waals surface area contributed by atoms with Crippen LogP contribution < -0.4 is 0 Å². The van der Waals surface area contributed by atoms with Crippen LogP contribution in [0.3, 0.4) is 0 Å². The minimum atomic E-state index is -0.657. The predicted octanol–water partition coefficient (Wildman–Crippen LogP) is 0.778. The third-order valence-electron chi connectivity index (χ3n) is 3.27. The smallest absolute Gasteiger partial charge is 0.276 e. The van der Waals surface area contributed by atoms with E-state index >= 15 is 0 Å². The molecule has 0 radical (unpaired) electrons. The number of aliphatic hydroxyl groups is 1. The number of nitrogens with zero attached hydrogens (tertiary/aromatic N) is 3. The first-order valence-electron chi connectivity index (χ1n) is 6.38. The van der Waals surface area contributed by atoms with Gasteiger partial charge in [-0.3, -0.25) is 9.48 Å². The zero-order valence-corrected chi connectivity index (χ0v) is 11.8. The van der Waals surface area contributed by atoms with Crippen molar-refractivity contribution < 1.29 is 14.6 Å². The Labute approximate surface area is 116 Å². The Morgan fingerprint density at radius 2 is 2.37 bits per heavy atom. The van der Waals surface area contributed by atoms with Crippen molar-refractivity contribution in [3.63, 3.8) is 0 Å². The highest BCUT2D eigenvalue weighted by atomic mass is 35.5. The van der Waals surface area contributed by atoms with Gasteiger partial charge in [0, 0.05) is 19.3 Å². The summed E-state index contributed by atoms with van der Waals surface area (Å²) in [5, 5.41) is 14.3. The first kappa shape index (κ1) is 14.3. The molecular formula is C12H18ClN3O3. The first-order valence-corrected chi connectivity index (χ1v) is 6.76. The van der Waals surface area contributed by atoms with Gasteiger partial charge in [0.25, 0.3) is 5.91 Å². The van der Waals surface area contributed by atoms with E-state index in [4.69, 9.17) is 16.3 Å². The zero-order valence-electron chi connectivity index (χ0n) is 11.0. The molecule has 1 fully saturated rings. The number of hydrogen-bond acceptors (Lipinski definition) is 4. The fourth-order valence-corrected chi connectivity index (χ4v) is 2.43. The second-order valence-electron chi connectivity index (χ2n) is 4.44. The number of amides is 1. The molecule has 7 heteroatoms. The zero-order chi connectivity index (χ0) is 14.0. The molecule has 1 aliphatic heterocycles. The number of aliphatic hydroxyl groups excluding tert-OH is 1. The van der Waals surface area contributed by atoms with Gasteiger partial charge in [-0.15, -0.1) is 0 Å². The molecule has 19 heavy (non-hydrogen) atoms. The van der Waals surface area contributed by atoms with Gasteiger partial charge in [-0.25, -0.2) is 0 Å². The third kappa shape index (κ3) is 2.75. The molecule has 1 amide bonds. The molecule has 1 aliphatic rings. The summed E-state index contributed by atoms with van der Waals surface area (Å²) in [6.45, 7) is 5.49. The SMILES string of the molecule is CCN(C(=O)c1nn(CC)cc1Cl)[C@H]1COC[C@@H]1O. The molecule has 1 aromatic heterocycles. The van der Waals surface area contributed by atoms with E-state index in [0.29, 0.717) is 24.7 Å². The lowest BCUT2D eigenvalue weighted by atomic mass is 10.1. The van der Waals surface area contributed by atoms with Gasteiger partial charge in [0.05, 0.1) is 30.4 Å². The summed E-state index contributed by atoms with van der Waals surface area (Å²) in [4.78, 5) is 14.0. The maximum atomic E-state index is 12.5. The Balaban J connectivity index is 2.22. The first-order chi connectivity index (χ1) is 9.08. The lowest BCUT2D eigenvalue weighted by Crippen LogP contribution is -2.46. The molecule has 0 aromatic carbocycles. The maximum absolute atomic E-state index is 12.5. The number of rotatable bonds is 4. The summed E-state index contributed by atoms with van der Waals surface area (Å²) in [7, 11) is 0. The Kier molecular flexibility index (Phi) is 4.44. The fraction of sp³-hybridized carbons (Fsp3) is 0.667. The van der Waals surface area contributed by atoms with Crippen LogP contribution in [0.1, 0.15) is 24.3 Å². The van der Waals surface area contributed by atoms with Crippen LogP contribution in [0.15, 0.2) is 6.20 Å². The Morgan fingerprint density at radius 3 is 2.84 bits per heavy atom. The van der Waals surface area contributed by atoms with Crippen molar-refractivity contribution in [1.82, 2.24) is 14.7 Å². The molecule has 0 unspecified atom stereocenters. The molecule has 6 nitrogen and oxygen atoms in total. The van der Waals surface area contributed by atoms with Crippen LogP contribution >= 0.6 is 11.6 Å². The molecule has 1 saturated heterocycles. The standard InChI is InChI=1S/C12H18ClN3O3/c1-3-15-5-8(13)11(14-15)12(18)16(4-2)9-6-19-7-10(9)17/h5,9-10,17H,3-4,6-7H2,1-2H3/t9-,10-/m0/s1. The number of halogens is 1. The number of ether oxygens (including phenoxy) is 1. The minimum absolute atomic E-state index is 0.226. The summed E-state index contributed by atoms with van der Waals surface area (Å²) in [5.74, 6) is -0.269. The van der Waals surface area contributed by atoms with Crippen LogP contribution in [0, 0.1) is 0 Å². The average Bonchev–Trinajstić information content (AvgIpc) is 2.97. The van der Waals surface area contributed by atoms with Gasteiger partial charge < -0.3 is 14.7 Å². The number of aromatic nitrogens is 2. The van der Waals surface area contributed by atoms with Crippen LogP contribution in [0.5, 0.6) is 0 Å². The summed E-state index contributed by atoms with van der Waals surface area (Å²) < 4.78 is 6.81. The second kappa shape index (κ2) is 5.90. The molecule has 1 N–H and O–H groups in total. The molecule has 1 aromatic rings. The maximum Gasteiger partial charge on any atom is 0.276 e. The van der Waals surface area contributed by atoms with Crippen molar-refractivity contribution in [3.05, 3.63) is 16.9 Å². The summed E-state index contributed by atoms with van der Waals surface area (Å²) >= 11 is 6.04. The topological polar surface area (TPSA) is 67.6 Å². The number of aryl methyl sites for hydroxylation is 1. The molecule has 2 atom stereocenters. The van der Waals surface area contributed by atoms with Gasteiger partial charge in [-0.05, 0) is 13.8 Å². The highest BCUT2D eigenvalue weighted by Gasteiger charge is 2.35. The Morgan fingerprint density at radius 1 is 1.63 bits per heavy atom. The lowest BCUT2D eigenvalue weighted by Gasteiger charge is -2.28. The highest BCUT2D eigenvalue weighted by molar-refractivity contribution is 6.33. The van der Waals surface area contributed by atoms with Gasteiger partial charge in [0.15, 0.2) is 5.69 Å².